The molecule has 9 heteroatoms. The molecule has 1 saturated heterocycles. The highest BCUT2D eigenvalue weighted by molar-refractivity contribution is 7.90. The fraction of sp³-hybridized carbons (Fsp3) is 0.304. The van der Waals surface area contributed by atoms with Gasteiger partial charge >= 0.3 is 0 Å². The summed E-state index contributed by atoms with van der Waals surface area (Å²) < 4.78 is 28.8. The van der Waals surface area contributed by atoms with Gasteiger partial charge in [-0.15, -0.1) is 4.40 Å². The van der Waals surface area contributed by atoms with Crippen LogP contribution >= 0.6 is 11.6 Å². The first kappa shape index (κ1) is 22.5. The quantitative estimate of drug-likeness (QED) is 0.416. The van der Waals surface area contributed by atoms with Crippen molar-refractivity contribution in [3.05, 3.63) is 65.4 Å². The highest BCUT2D eigenvalue weighted by Gasteiger charge is 2.24. The number of sulfonamides is 1. The normalized spacial score (nSPS) is 17.3. The van der Waals surface area contributed by atoms with E-state index in [0.717, 1.165) is 41.5 Å². The van der Waals surface area contributed by atoms with E-state index >= 15 is 0 Å². The maximum absolute atomic E-state index is 12.6. The average Bonchev–Trinajstić information content (AvgIpc) is 3.20. The molecule has 1 atom stereocenters. The van der Waals surface area contributed by atoms with Crippen molar-refractivity contribution in [1.29, 1.82) is 0 Å². The van der Waals surface area contributed by atoms with Crippen molar-refractivity contribution >= 4 is 44.4 Å². The number of halogens is 1. The zero-order valence-electron chi connectivity index (χ0n) is 18.1. The first-order chi connectivity index (χ1) is 15.3. The summed E-state index contributed by atoms with van der Waals surface area (Å²) in [4.78, 5) is 8.07. The molecule has 1 aromatic heterocycles. The summed E-state index contributed by atoms with van der Waals surface area (Å²) in [7, 11) is -0.426. The van der Waals surface area contributed by atoms with Crippen LogP contribution in [-0.2, 0) is 16.6 Å². The number of benzene rings is 2. The fourth-order valence-electron chi connectivity index (χ4n) is 3.82. The van der Waals surface area contributed by atoms with Crippen LogP contribution in [0.2, 0.25) is 5.02 Å². The molecule has 0 aliphatic carbocycles. The van der Waals surface area contributed by atoms with Gasteiger partial charge in [0, 0.05) is 63.2 Å². The van der Waals surface area contributed by atoms with E-state index in [1.54, 1.807) is 37.3 Å². The Hall–Kier alpha value is -2.68. The molecule has 32 heavy (non-hydrogen) atoms. The third-order valence-corrected chi connectivity index (χ3v) is 7.09. The number of rotatable bonds is 7. The van der Waals surface area contributed by atoms with Gasteiger partial charge in [-0.1, -0.05) is 23.7 Å². The predicted molar refractivity (Wildman–Crippen MR) is 130 cm³/mol. The number of likely N-dealkylation sites (tertiary alicyclic amines) is 1. The highest BCUT2D eigenvalue weighted by Crippen LogP contribution is 2.26. The molecule has 1 fully saturated rings. The number of nitrogens with one attached hydrogen (secondary N) is 1. The van der Waals surface area contributed by atoms with Gasteiger partial charge in [0.1, 0.15) is 11.2 Å². The van der Waals surface area contributed by atoms with E-state index < -0.39 is 10.0 Å². The van der Waals surface area contributed by atoms with Gasteiger partial charge in [0.15, 0.2) is 0 Å². The third-order valence-electron chi connectivity index (χ3n) is 5.38. The molecule has 0 spiro atoms. The third kappa shape index (κ3) is 5.38. The van der Waals surface area contributed by atoms with Crippen molar-refractivity contribution in [2.45, 2.75) is 23.9 Å². The van der Waals surface area contributed by atoms with Crippen molar-refractivity contribution in [2.24, 2.45) is 4.40 Å². The molecular formula is C23H26ClN5O2S. The van der Waals surface area contributed by atoms with Crippen LogP contribution in [0.15, 0.2) is 64.2 Å². The molecular weight excluding hydrogens is 446 g/mol. The molecule has 7 nitrogen and oxygen atoms in total. The molecule has 0 saturated carbocycles. The molecule has 0 unspecified atom stereocenters. The molecule has 1 N–H and O–H groups in total. The molecule has 3 aromatic rings. The topological polar surface area (TPSA) is 77.9 Å². The van der Waals surface area contributed by atoms with Crippen molar-refractivity contribution in [3.63, 3.8) is 0 Å². The number of hydrogen-bond donors (Lipinski definition) is 1. The van der Waals surface area contributed by atoms with E-state index in [-0.39, 0.29) is 9.92 Å². The Kier molecular flexibility index (Phi) is 6.64. The second-order valence-electron chi connectivity index (χ2n) is 8.23. The zero-order chi connectivity index (χ0) is 22.7. The van der Waals surface area contributed by atoms with Gasteiger partial charge in [-0.25, -0.2) is 0 Å². The summed E-state index contributed by atoms with van der Waals surface area (Å²) in [6.45, 7) is 2.45. The van der Waals surface area contributed by atoms with Gasteiger partial charge in [-0.2, -0.15) is 8.42 Å². The van der Waals surface area contributed by atoms with Crippen LogP contribution in [0.5, 0.6) is 0 Å². The molecule has 168 valence electrons. The Morgan fingerprint density at radius 2 is 2.06 bits per heavy atom. The Morgan fingerprint density at radius 1 is 1.22 bits per heavy atom. The molecule has 1 aliphatic heterocycles. The lowest BCUT2D eigenvalue weighted by molar-refractivity contribution is 0.328. The Bertz CT molecular complexity index is 1250. The molecule has 2 aromatic carbocycles. The maximum atomic E-state index is 12.6. The van der Waals surface area contributed by atoms with E-state index in [1.807, 2.05) is 18.3 Å². The summed E-state index contributed by atoms with van der Waals surface area (Å²) in [6.07, 6.45) is 5.94. The number of fused-ring (bicyclic) bond motifs is 1. The van der Waals surface area contributed by atoms with Gasteiger partial charge in [-0.3, -0.25) is 9.88 Å². The molecule has 2 heterocycles. The minimum atomic E-state index is -3.85. The van der Waals surface area contributed by atoms with Crippen LogP contribution in [0.1, 0.15) is 12.0 Å². The van der Waals surface area contributed by atoms with E-state index in [9.17, 15) is 8.42 Å². The van der Waals surface area contributed by atoms with E-state index in [2.05, 4.69) is 37.8 Å². The largest absolute Gasteiger partial charge is 0.381 e. The first-order valence-electron chi connectivity index (χ1n) is 10.4. The summed E-state index contributed by atoms with van der Waals surface area (Å²) in [5.41, 5.74) is 1.99. The Morgan fingerprint density at radius 3 is 2.88 bits per heavy atom. The molecule has 0 bridgehead atoms. The molecule has 4 rings (SSSR count). The van der Waals surface area contributed by atoms with Gasteiger partial charge in [0.2, 0.25) is 0 Å². The lowest BCUT2D eigenvalue weighted by Gasteiger charge is -2.18. The molecule has 1 aliphatic rings. The summed E-state index contributed by atoms with van der Waals surface area (Å²) in [5, 5.41) is 6.07. The fourth-order valence-corrected chi connectivity index (χ4v) is 5.27. The molecule has 0 amide bonds. The number of pyridine rings is 1. The van der Waals surface area contributed by atoms with E-state index in [0.29, 0.717) is 12.6 Å². The second kappa shape index (κ2) is 9.44. The number of aromatic nitrogens is 1. The molecule has 0 radical (unpaired) electrons. The maximum Gasteiger partial charge on any atom is 0.285 e. The average molecular weight is 472 g/mol. The van der Waals surface area contributed by atoms with E-state index in [1.165, 1.54) is 6.34 Å². The van der Waals surface area contributed by atoms with Crippen molar-refractivity contribution < 1.29 is 8.42 Å². The lowest BCUT2D eigenvalue weighted by Crippen LogP contribution is -2.26. The second-order valence-corrected chi connectivity index (χ2v) is 10.2. The van der Waals surface area contributed by atoms with Gasteiger partial charge in [-0.05, 0) is 47.7 Å². The van der Waals surface area contributed by atoms with Gasteiger partial charge in [0.25, 0.3) is 10.0 Å². The SMILES string of the molecule is CN(C)C=NS(=O)(=O)c1cc(CN2CC[C@@H](Nc3ccc4cnccc4c3)C2)ccc1Cl. The van der Waals surface area contributed by atoms with Crippen LogP contribution in [0.3, 0.4) is 0 Å². The number of nitrogens with zero attached hydrogens (tertiary/aromatic N) is 4. The minimum Gasteiger partial charge on any atom is -0.381 e. The number of hydrogen-bond acceptors (Lipinski definition) is 5. The predicted octanol–water partition coefficient (Wildman–Crippen LogP) is 3.85. The Labute approximate surface area is 193 Å². The van der Waals surface area contributed by atoms with Crippen LogP contribution in [-0.4, -0.2) is 62.8 Å². The first-order valence-corrected chi connectivity index (χ1v) is 12.2. The van der Waals surface area contributed by atoms with Crippen LogP contribution in [0.4, 0.5) is 5.69 Å². The lowest BCUT2D eigenvalue weighted by atomic mass is 10.1. The zero-order valence-corrected chi connectivity index (χ0v) is 19.6. The number of anilines is 1. The standard InChI is InChI=1S/C23H26ClN5O2S/c1-28(2)16-26-32(30,31)23-11-17(3-6-22(23)24)14-29-10-8-21(15-29)27-20-5-4-19-13-25-9-7-18(19)12-20/h3-7,9,11-13,16,21,27H,8,10,14-15H2,1-2H3/t21-/m1/s1. The van der Waals surface area contributed by atoms with Crippen molar-refractivity contribution in [3.8, 4) is 0 Å². The van der Waals surface area contributed by atoms with Gasteiger partial charge < -0.3 is 10.2 Å². The van der Waals surface area contributed by atoms with Crippen molar-refractivity contribution in [2.75, 3.05) is 32.5 Å². The van der Waals surface area contributed by atoms with Crippen LogP contribution in [0.25, 0.3) is 10.8 Å². The summed E-state index contributed by atoms with van der Waals surface area (Å²) in [6, 6.07) is 13.8. The van der Waals surface area contributed by atoms with Crippen LogP contribution < -0.4 is 5.32 Å². The van der Waals surface area contributed by atoms with Crippen molar-refractivity contribution in [1.82, 2.24) is 14.8 Å². The highest BCUT2D eigenvalue weighted by atomic mass is 35.5. The smallest absolute Gasteiger partial charge is 0.285 e. The monoisotopic (exact) mass is 471 g/mol. The van der Waals surface area contributed by atoms with Crippen LogP contribution in [0, 0.1) is 0 Å². The minimum absolute atomic E-state index is 0.0364. The Balaban J connectivity index is 1.42. The van der Waals surface area contributed by atoms with Gasteiger partial charge in [0.05, 0.1) is 5.02 Å². The summed E-state index contributed by atoms with van der Waals surface area (Å²) in [5.74, 6) is 0. The summed E-state index contributed by atoms with van der Waals surface area (Å²) >= 11 is 6.17. The van der Waals surface area contributed by atoms with E-state index in [4.69, 9.17) is 11.6 Å².